The minimum atomic E-state index is -0.817. The van der Waals surface area contributed by atoms with Crippen LogP contribution in [-0.4, -0.2) is 41.2 Å². The first-order valence-corrected chi connectivity index (χ1v) is 13.4. The van der Waals surface area contributed by atoms with Crippen LogP contribution in [0.3, 0.4) is 0 Å². The molecule has 0 radical (unpaired) electrons. The average Bonchev–Trinajstić information content (AvgIpc) is 2.85. The zero-order chi connectivity index (χ0) is 26.2. The Labute approximate surface area is 226 Å². The van der Waals surface area contributed by atoms with E-state index in [-0.39, 0.29) is 12.2 Å². The molecule has 0 amide bonds. The van der Waals surface area contributed by atoms with Gasteiger partial charge >= 0.3 is 5.97 Å². The van der Waals surface area contributed by atoms with Gasteiger partial charge < -0.3 is 14.2 Å². The Bertz CT molecular complexity index is 1320. The number of halogens is 2. The average molecular weight is 623 g/mol. The molecule has 0 aliphatic carbocycles. The van der Waals surface area contributed by atoms with Gasteiger partial charge in [0.25, 0.3) is 5.56 Å². The Morgan fingerprint density at radius 3 is 2.64 bits per heavy atom. The minimum absolute atomic E-state index is 0.240. The number of aromatic nitrogens is 2. The van der Waals surface area contributed by atoms with Crippen molar-refractivity contribution in [2.45, 2.75) is 53.1 Å². The van der Waals surface area contributed by atoms with Gasteiger partial charge in [0.2, 0.25) is 0 Å². The molecule has 0 spiro atoms. The summed E-state index contributed by atoms with van der Waals surface area (Å²) in [6.07, 6.45) is 3.24. The van der Waals surface area contributed by atoms with Gasteiger partial charge in [-0.25, -0.2) is 9.78 Å². The van der Waals surface area contributed by atoms with Gasteiger partial charge in [0.1, 0.15) is 5.82 Å². The van der Waals surface area contributed by atoms with E-state index in [1.807, 2.05) is 19.1 Å². The molecule has 3 rings (SSSR count). The molecule has 1 aromatic heterocycles. The summed E-state index contributed by atoms with van der Waals surface area (Å²) in [4.78, 5) is 30.0. The first kappa shape index (κ1) is 27.9. The van der Waals surface area contributed by atoms with Crippen LogP contribution in [0.25, 0.3) is 10.9 Å². The molecule has 0 saturated heterocycles. The third kappa shape index (κ3) is 6.73. The van der Waals surface area contributed by atoms with E-state index in [1.54, 1.807) is 38.3 Å². The van der Waals surface area contributed by atoms with Crippen LogP contribution in [0.5, 0.6) is 11.5 Å². The largest absolute Gasteiger partial charge is 0.490 e. The number of carbonyl (C=O) groups excluding carboxylic acids is 1. The van der Waals surface area contributed by atoms with E-state index in [0.717, 1.165) is 17.3 Å². The fourth-order valence-corrected chi connectivity index (χ4v) is 4.37. The zero-order valence-electron chi connectivity index (χ0n) is 20.7. The molecule has 1 atom stereocenters. The number of esters is 1. The lowest BCUT2D eigenvalue weighted by Crippen LogP contribution is -2.26. The van der Waals surface area contributed by atoms with Gasteiger partial charge in [-0.05, 0) is 79.0 Å². The topological polar surface area (TPSA) is 92.0 Å². The maximum atomic E-state index is 13.3. The maximum Gasteiger partial charge on any atom is 0.347 e. The molecule has 0 aliphatic heterocycles. The zero-order valence-corrected chi connectivity index (χ0v) is 23.9. The van der Waals surface area contributed by atoms with E-state index >= 15 is 0 Å². The Balaban J connectivity index is 2.02. The molecule has 8 nitrogen and oxygen atoms in total. The van der Waals surface area contributed by atoms with Crippen LogP contribution in [0.4, 0.5) is 0 Å². The van der Waals surface area contributed by atoms with Gasteiger partial charge in [-0.15, -0.1) is 0 Å². The van der Waals surface area contributed by atoms with Crippen molar-refractivity contribution in [3.05, 3.63) is 61.0 Å². The number of hydrogen-bond donors (Lipinski definition) is 0. The van der Waals surface area contributed by atoms with Crippen molar-refractivity contribution < 1.29 is 19.0 Å². The van der Waals surface area contributed by atoms with E-state index in [0.29, 0.717) is 51.3 Å². The van der Waals surface area contributed by atoms with Gasteiger partial charge in [0.15, 0.2) is 17.6 Å². The number of fused-ring (bicyclic) bond motifs is 1. The summed E-state index contributed by atoms with van der Waals surface area (Å²) < 4.78 is 19.4. The molecule has 0 unspecified atom stereocenters. The van der Waals surface area contributed by atoms with Crippen LogP contribution in [0.15, 0.2) is 49.2 Å². The van der Waals surface area contributed by atoms with Crippen LogP contribution < -0.4 is 15.0 Å². The fourth-order valence-electron chi connectivity index (χ4n) is 3.46. The van der Waals surface area contributed by atoms with Crippen LogP contribution in [0.2, 0.25) is 0 Å². The fraction of sp³-hybridized carbons (Fsp3) is 0.385. The van der Waals surface area contributed by atoms with Crippen molar-refractivity contribution in [3.63, 3.8) is 0 Å². The highest BCUT2D eigenvalue weighted by atomic mass is 79.9. The van der Waals surface area contributed by atoms with Crippen LogP contribution in [0, 0.1) is 0 Å². The smallest absolute Gasteiger partial charge is 0.347 e. The normalized spacial score (nSPS) is 12.2. The maximum absolute atomic E-state index is 13.3. The molecule has 0 aliphatic rings. The molecule has 0 fully saturated rings. The molecule has 10 heteroatoms. The summed E-state index contributed by atoms with van der Waals surface area (Å²) in [5.74, 6) is 0.948. The lowest BCUT2D eigenvalue weighted by molar-refractivity contribution is -0.150. The molecule has 0 saturated carbocycles. The third-order valence-electron chi connectivity index (χ3n) is 5.20. The SMILES string of the molecule is CCCCc1nc2ccc(Br)cc2c(=O)n1N=Cc1cc(Br)c(O[C@H](C)C(=O)OCC)c(OCC)c1. The summed E-state index contributed by atoms with van der Waals surface area (Å²) in [5.41, 5.74) is 1.07. The van der Waals surface area contributed by atoms with E-state index < -0.39 is 12.1 Å². The number of unbranched alkanes of at least 4 members (excludes halogenated alkanes) is 1. The van der Waals surface area contributed by atoms with E-state index in [2.05, 4.69) is 43.9 Å². The number of hydrogen-bond acceptors (Lipinski definition) is 7. The second-order valence-electron chi connectivity index (χ2n) is 7.93. The van der Waals surface area contributed by atoms with Crippen molar-refractivity contribution in [2.75, 3.05) is 13.2 Å². The number of nitrogens with zero attached hydrogens (tertiary/aromatic N) is 3. The predicted molar refractivity (Wildman–Crippen MR) is 147 cm³/mol. The second-order valence-corrected chi connectivity index (χ2v) is 9.70. The number of carbonyl (C=O) groups is 1. The number of rotatable bonds is 11. The summed E-state index contributed by atoms with van der Waals surface area (Å²) in [6, 6.07) is 8.96. The summed E-state index contributed by atoms with van der Waals surface area (Å²) >= 11 is 6.93. The van der Waals surface area contributed by atoms with Crippen molar-refractivity contribution in [3.8, 4) is 11.5 Å². The van der Waals surface area contributed by atoms with Crippen molar-refractivity contribution in [2.24, 2.45) is 5.10 Å². The molecule has 2 aromatic carbocycles. The standard InChI is InChI=1S/C26H29Br2N3O5/c1-5-8-9-23-30-21-11-10-18(27)14-19(21)25(32)31(23)29-15-17-12-20(28)24(22(13-17)34-6-2)36-16(4)26(33)35-7-3/h10-16H,5-9H2,1-4H3/t16-/m1/s1. The van der Waals surface area contributed by atoms with Gasteiger partial charge in [0, 0.05) is 10.9 Å². The lowest BCUT2D eigenvalue weighted by Gasteiger charge is -2.18. The minimum Gasteiger partial charge on any atom is -0.490 e. The highest BCUT2D eigenvalue weighted by molar-refractivity contribution is 9.10. The van der Waals surface area contributed by atoms with Crippen LogP contribution in [-0.2, 0) is 16.0 Å². The Hall–Kier alpha value is -2.72. The predicted octanol–water partition coefficient (Wildman–Crippen LogP) is 5.88. The number of benzene rings is 2. The highest BCUT2D eigenvalue weighted by Crippen LogP contribution is 2.37. The molecule has 192 valence electrons. The van der Waals surface area contributed by atoms with Crippen molar-refractivity contribution in [1.29, 1.82) is 0 Å². The van der Waals surface area contributed by atoms with Crippen LogP contribution >= 0.6 is 31.9 Å². The molecule has 0 bridgehead atoms. The first-order chi connectivity index (χ1) is 17.3. The molecular weight excluding hydrogens is 594 g/mol. The monoisotopic (exact) mass is 621 g/mol. The highest BCUT2D eigenvalue weighted by Gasteiger charge is 2.21. The van der Waals surface area contributed by atoms with Crippen molar-refractivity contribution >= 4 is 54.9 Å². The van der Waals surface area contributed by atoms with Gasteiger partial charge in [-0.2, -0.15) is 9.78 Å². The van der Waals surface area contributed by atoms with E-state index in [4.69, 9.17) is 19.2 Å². The Morgan fingerprint density at radius 1 is 1.17 bits per heavy atom. The van der Waals surface area contributed by atoms with Crippen molar-refractivity contribution in [1.82, 2.24) is 9.66 Å². The lowest BCUT2D eigenvalue weighted by atomic mass is 10.2. The summed E-state index contributed by atoms with van der Waals surface area (Å²) in [5, 5.41) is 4.99. The number of aryl methyl sites for hydroxylation is 1. The molecule has 3 aromatic rings. The van der Waals surface area contributed by atoms with E-state index in [1.165, 1.54) is 4.68 Å². The Kier molecular flexibility index (Phi) is 10.1. The molecular formula is C26H29Br2N3O5. The quantitative estimate of drug-likeness (QED) is 0.196. The van der Waals surface area contributed by atoms with Gasteiger partial charge in [0.05, 0.1) is 34.8 Å². The third-order valence-corrected chi connectivity index (χ3v) is 6.28. The second kappa shape index (κ2) is 13.0. The first-order valence-electron chi connectivity index (χ1n) is 11.8. The van der Waals surface area contributed by atoms with Crippen LogP contribution in [0.1, 0.15) is 51.9 Å². The number of ether oxygens (including phenoxy) is 3. The van der Waals surface area contributed by atoms with Gasteiger partial charge in [-0.1, -0.05) is 29.3 Å². The van der Waals surface area contributed by atoms with E-state index in [9.17, 15) is 9.59 Å². The molecule has 1 heterocycles. The van der Waals surface area contributed by atoms with Gasteiger partial charge in [-0.3, -0.25) is 4.79 Å². The summed E-state index contributed by atoms with van der Waals surface area (Å²) in [6.45, 7) is 7.95. The molecule has 36 heavy (non-hydrogen) atoms. The molecule has 0 N–H and O–H groups in total. The summed E-state index contributed by atoms with van der Waals surface area (Å²) in [7, 11) is 0. The Morgan fingerprint density at radius 2 is 1.94 bits per heavy atom.